The van der Waals surface area contributed by atoms with Crippen LogP contribution < -0.4 is 5.32 Å². The van der Waals surface area contributed by atoms with Crippen molar-refractivity contribution in [1.29, 1.82) is 0 Å². The molecule has 120 valence electrons. The summed E-state index contributed by atoms with van der Waals surface area (Å²) in [6, 6.07) is 5.95. The van der Waals surface area contributed by atoms with Gasteiger partial charge in [0.2, 0.25) is 0 Å². The Bertz CT molecular complexity index is 832. The van der Waals surface area contributed by atoms with Gasteiger partial charge >= 0.3 is 0 Å². The van der Waals surface area contributed by atoms with E-state index in [1.165, 1.54) is 6.33 Å². The van der Waals surface area contributed by atoms with Gasteiger partial charge in [-0.1, -0.05) is 17.7 Å². The summed E-state index contributed by atoms with van der Waals surface area (Å²) in [7, 11) is 1.67. The van der Waals surface area contributed by atoms with Gasteiger partial charge in [0, 0.05) is 18.2 Å². The predicted molar refractivity (Wildman–Crippen MR) is 91.4 cm³/mol. The number of ether oxygens (including phenoxy) is 1. The van der Waals surface area contributed by atoms with E-state index in [1.54, 1.807) is 18.0 Å². The average Bonchev–Trinajstić information content (AvgIpc) is 2.95. The molecule has 1 aromatic carbocycles. The van der Waals surface area contributed by atoms with E-state index in [2.05, 4.69) is 20.4 Å². The lowest BCUT2D eigenvalue weighted by Crippen LogP contribution is -2.21. The molecule has 0 fully saturated rings. The maximum Gasteiger partial charge on any atom is 0.168 e. The molecule has 0 saturated heterocycles. The van der Waals surface area contributed by atoms with Gasteiger partial charge in [0.25, 0.3) is 0 Å². The fourth-order valence-corrected chi connectivity index (χ4v) is 2.56. The Kier molecular flexibility index (Phi) is 4.45. The van der Waals surface area contributed by atoms with Crippen LogP contribution in [0, 0.1) is 6.92 Å². The Balaban J connectivity index is 2.02. The van der Waals surface area contributed by atoms with E-state index in [0.717, 1.165) is 28.1 Å². The van der Waals surface area contributed by atoms with E-state index in [-0.39, 0.29) is 6.04 Å². The molecule has 0 aliphatic carbocycles. The summed E-state index contributed by atoms with van der Waals surface area (Å²) >= 11 is 6.22. The number of hydrogen-bond acceptors (Lipinski definition) is 5. The molecular formula is C16H18ClN5O. The second kappa shape index (κ2) is 6.52. The number of nitrogens with zero attached hydrogens (tertiary/aromatic N) is 4. The first-order chi connectivity index (χ1) is 11.1. The zero-order valence-electron chi connectivity index (χ0n) is 13.2. The first-order valence-electron chi connectivity index (χ1n) is 7.31. The molecule has 23 heavy (non-hydrogen) atoms. The number of aryl methyl sites for hydroxylation is 1. The Morgan fingerprint density at radius 1 is 1.35 bits per heavy atom. The minimum atomic E-state index is 0.135. The van der Waals surface area contributed by atoms with Crippen molar-refractivity contribution in [2.24, 2.45) is 0 Å². The van der Waals surface area contributed by atoms with Crippen LogP contribution >= 0.6 is 11.6 Å². The number of halogens is 1. The number of anilines is 1. The number of fused-ring (bicyclic) bond motifs is 1. The standard InChI is InChI=1S/C16H18ClN5O/c1-10-4-5-12(6-14(10)17)22-16-13(7-20-22)15(18-9-19-16)21-11(2)8-23-3/h4-7,9,11H,8H2,1-3H3,(H,18,19,21)/t11-/m1/s1. The van der Waals surface area contributed by atoms with Crippen molar-refractivity contribution >= 4 is 28.5 Å². The lowest BCUT2D eigenvalue weighted by atomic mass is 10.2. The highest BCUT2D eigenvalue weighted by molar-refractivity contribution is 6.31. The first kappa shape index (κ1) is 15.7. The zero-order valence-corrected chi connectivity index (χ0v) is 14.0. The zero-order chi connectivity index (χ0) is 16.4. The predicted octanol–water partition coefficient (Wildman–Crippen LogP) is 3.22. The summed E-state index contributed by atoms with van der Waals surface area (Å²) < 4.78 is 6.90. The van der Waals surface area contributed by atoms with Crippen molar-refractivity contribution in [3.05, 3.63) is 41.3 Å². The van der Waals surface area contributed by atoms with E-state index < -0.39 is 0 Å². The van der Waals surface area contributed by atoms with Gasteiger partial charge in [0.05, 0.1) is 23.9 Å². The topological polar surface area (TPSA) is 64.9 Å². The van der Waals surface area contributed by atoms with Gasteiger partial charge in [0.1, 0.15) is 12.1 Å². The Morgan fingerprint density at radius 2 is 2.17 bits per heavy atom. The maximum absolute atomic E-state index is 6.22. The van der Waals surface area contributed by atoms with Gasteiger partial charge in [-0.25, -0.2) is 14.6 Å². The minimum absolute atomic E-state index is 0.135. The van der Waals surface area contributed by atoms with Crippen LogP contribution in [0.5, 0.6) is 0 Å². The number of benzene rings is 1. The summed E-state index contributed by atoms with van der Waals surface area (Å²) in [6.07, 6.45) is 3.28. The number of hydrogen-bond donors (Lipinski definition) is 1. The summed E-state index contributed by atoms with van der Waals surface area (Å²) in [4.78, 5) is 8.67. The van der Waals surface area contributed by atoms with Crippen molar-refractivity contribution in [2.45, 2.75) is 19.9 Å². The summed E-state index contributed by atoms with van der Waals surface area (Å²) in [5.74, 6) is 0.740. The van der Waals surface area contributed by atoms with Crippen LogP contribution in [0.2, 0.25) is 5.02 Å². The monoisotopic (exact) mass is 331 g/mol. The Labute approximate surface area is 139 Å². The fraction of sp³-hybridized carbons (Fsp3) is 0.312. The average molecular weight is 332 g/mol. The van der Waals surface area contributed by atoms with Crippen LogP contribution in [0.15, 0.2) is 30.7 Å². The van der Waals surface area contributed by atoms with Gasteiger partial charge < -0.3 is 10.1 Å². The molecular weight excluding hydrogens is 314 g/mol. The molecule has 0 bridgehead atoms. The van der Waals surface area contributed by atoms with Gasteiger partial charge in [0.15, 0.2) is 5.65 Å². The fourth-order valence-electron chi connectivity index (χ4n) is 2.39. The van der Waals surface area contributed by atoms with Crippen molar-refractivity contribution in [3.8, 4) is 5.69 Å². The molecule has 7 heteroatoms. The number of rotatable bonds is 5. The van der Waals surface area contributed by atoms with Crippen LogP contribution in [0.25, 0.3) is 16.7 Å². The van der Waals surface area contributed by atoms with Crippen molar-refractivity contribution < 1.29 is 4.74 Å². The molecule has 0 aliphatic rings. The Morgan fingerprint density at radius 3 is 2.91 bits per heavy atom. The highest BCUT2D eigenvalue weighted by Gasteiger charge is 2.13. The molecule has 1 atom stereocenters. The molecule has 0 amide bonds. The van der Waals surface area contributed by atoms with E-state index in [1.807, 2.05) is 32.0 Å². The van der Waals surface area contributed by atoms with Gasteiger partial charge in [-0.15, -0.1) is 0 Å². The minimum Gasteiger partial charge on any atom is -0.383 e. The van der Waals surface area contributed by atoms with E-state index >= 15 is 0 Å². The highest BCUT2D eigenvalue weighted by atomic mass is 35.5. The quantitative estimate of drug-likeness (QED) is 0.777. The third-order valence-corrected chi connectivity index (χ3v) is 3.97. The lowest BCUT2D eigenvalue weighted by molar-refractivity contribution is 0.190. The normalized spacial score (nSPS) is 12.5. The second-order valence-corrected chi connectivity index (χ2v) is 5.86. The van der Waals surface area contributed by atoms with E-state index in [9.17, 15) is 0 Å². The molecule has 2 heterocycles. The smallest absolute Gasteiger partial charge is 0.168 e. The second-order valence-electron chi connectivity index (χ2n) is 5.45. The van der Waals surface area contributed by atoms with Crippen LogP contribution in [-0.2, 0) is 4.74 Å². The molecule has 2 aromatic heterocycles. The van der Waals surface area contributed by atoms with Crippen LogP contribution in [0.3, 0.4) is 0 Å². The molecule has 0 saturated carbocycles. The largest absolute Gasteiger partial charge is 0.383 e. The van der Waals surface area contributed by atoms with Crippen LogP contribution in [0.1, 0.15) is 12.5 Å². The van der Waals surface area contributed by atoms with E-state index in [4.69, 9.17) is 16.3 Å². The molecule has 6 nitrogen and oxygen atoms in total. The van der Waals surface area contributed by atoms with Gasteiger partial charge in [-0.3, -0.25) is 0 Å². The van der Waals surface area contributed by atoms with Gasteiger partial charge in [-0.05, 0) is 31.5 Å². The third-order valence-electron chi connectivity index (χ3n) is 3.57. The molecule has 1 N–H and O–H groups in total. The number of aromatic nitrogens is 4. The first-order valence-corrected chi connectivity index (χ1v) is 7.68. The Hall–Kier alpha value is -2.18. The van der Waals surface area contributed by atoms with Crippen molar-refractivity contribution in [1.82, 2.24) is 19.7 Å². The number of methoxy groups -OCH3 is 1. The summed E-state index contributed by atoms with van der Waals surface area (Å²) in [5.41, 5.74) is 2.62. The molecule has 0 aliphatic heterocycles. The number of nitrogens with one attached hydrogen (secondary N) is 1. The maximum atomic E-state index is 6.22. The third kappa shape index (κ3) is 3.13. The molecule has 0 spiro atoms. The summed E-state index contributed by atoms with van der Waals surface area (Å²) in [6.45, 7) is 4.59. The van der Waals surface area contributed by atoms with Gasteiger partial charge in [-0.2, -0.15) is 5.10 Å². The summed E-state index contributed by atoms with van der Waals surface area (Å²) in [5, 5.41) is 9.31. The lowest BCUT2D eigenvalue weighted by Gasteiger charge is -2.13. The van der Waals surface area contributed by atoms with Crippen LogP contribution in [-0.4, -0.2) is 39.5 Å². The molecule has 0 unspecified atom stereocenters. The van der Waals surface area contributed by atoms with E-state index in [0.29, 0.717) is 11.6 Å². The SMILES string of the molecule is COC[C@@H](C)Nc1ncnc2c1cnn2-c1ccc(C)c(Cl)c1. The highest BCUT2D eigenvalue weighted by Crippen LogP contribution is 2.24. The molecule has 3 aromatic rings. The van der Waals surface area contributed by atoms with Crippen LogP contribution in [0.4, 0.5) is 5.82 Å². The molecule has 3 rings (SSSR count). The van der Waals surface area contributed by atoms with Crippen molar-refractivity contribution in [2.75, 3.05) is 19.0 Å². The molecule has 0 radical (unpaired) electrons. The van der Waals surface area contributed by atoms with Crippen molar-refractivity contribution in [3.63, 3.8) is 0 Å².